The van der Waals surface area contributed by atoms with Crippen molar-refractivity contribution in [2.24, 2.45) is 5.92 Å². The number of nitrogens with zero attached hydrogens (tertiary/aromatic N) is 2. The lowest BCUT2D eigenvalue weighted by atomic mass is 9.86. The van der Waals surface area contributed by atoms with E-state index in [4.69, 9.17) is 0 Å². The zero-order valence-electron chi connectivity index (χ0n) is 13.0. The van der Waals surface area contributed by atoms with Gasteiger partial charge in [-0.15, -0.1) is 0 Å². The van der Waals surface area contributed by atoms with E-state index in [1.54, 1.807) is 0 Å². The molecule has 0 aromatic rings. The summed E-state index contributed by atoms with van der Waals surface area (Å²) in [5.41, 5.74) is 0. The van der Waals surface area contributed by atoms with Gasteiger partial charge >= 0.3 is 0 Å². The van der Waals surface area contributed by atoms with Crippen molar-refractivity contribution < 1.29 is 13.2 Å². The molecule has 1 saturated carbocycles. The van der Waals surface area contributed by atoms with E-state index in [0.29, 0.717) is 44.7 Å². The summed E-state index contributed by atoms with van der Waals surface area (Å²) in [6, 6.07) is 0.309. The van der Waals surface area contributed by atoms with E-state index in [1.807, 2.05) is 4.90 Å². The van der Waals surface area contributed by atoms with Gasteiger partial charge in [0.05, 0.1) is 12.8 Å². The Bertz CT molecular complexity index is 458. The number of hydrogen-bond donors (Lipinski definition) is 1. The van der Waals surface area contributed by atoms with Crippen LogP contribution in [0.1, 0.15) is 32.6 Å². The van der Waals surface area contributed by atoms with Crippen molar-refractivity contribution in [1.82, 2.24) is 14.5 Å². The van der Waals surface area contributed by atoms with Gasteiger partial charge in [0.1, 0.15) is 0 Å². The Morgan fingerprint density at radius 3 is 2.33 bits per heavy atom. The zero-order chi connectivity index (χ0) is 15.5. The zero-order valence-corrected chi connectivity index (χ0v) is 13.9. The molecule has 1 heterocycles. The minimum atomic E-state index is -3.10. The van der Waals surface area contributed by atoms with E-state index in [9.17, 15) is 13.2 Å². The Kier molecular flexibility index (Phi) is 5.62. The van der Waals surface area contributed by atoms with Crippen molar-refractivity contribution in [1.29, 1.82) is 0 Å². The average Bonchev–Trinajstić information content (AvgIpc) is 2.41. The molecule has 6 nitrogen and oxygen atoms in total. The topological polar surface area (TPSA) is 69.7 Å². The molecule has 2 rings (SSSR count). The Hall–Kier alpha value is -0.660. The summed E-state index contributed by atoms with van der Waals surface area (Å²) in [5.74, 6) is 0.631. The van der Waals surface area contributed by atoms with E-state index in [-0.39, 0.29) is 5.91 Å². The minimum Gasteiger partial charge on any atom is -0.352 e. The SMILES string of the molecule is C[C@@H]1CCCC[C@@H]1NC(=O)CN1CCN(S(C)(=O)=O)CC1. The molecular weight excluding hydrogens is 290 g/mol. The highest BCUT2D eigenvalue weighted by atomic mass is 32.2. The normalized spacial score (nSPS) is 29.2. The summed E-state index contributed by atoms with van der Waals surface area (Å²) in [4.78, 5) is 14.2. The van der Waals surface area contributed by atoms with E-state index in [0.717, 1.165) is 6.42 Å². The monoisotopic (exact) mass is 317 g/mol. The van der Waals surface area contributed by atoms with E-state index in [2.05, 4.69) is 12.2 Å². The summed E-state index contributed by atoms with van der Waals surface area (Å²) < 4.78 is 24.4. The van der Waals surface area contributed by atoms with Crippen LogP contribution in [0, 0.1) is 5.92 Å². The highest BCUT2D eigenvalue weighted by Crippen LogP contribution is 2.23. The van der Waals surface area contributed by atoms with Crippen molar-refractivity contribution in [3.05, 3.63) is 0 Å². The summed E-state index contributed by atoms with van der Waals surface area (Å²) in [7, 11) is -3.10. The number of carbonyl (C=O) groups excluding carboxylic acids is 1. The van der Waals surface area contributed by atoms with Crippen LogP contribution in [-0.4, -0.2) is 68.6 Å². The number of amides is 1. The van der Waals surface area contributed by atoms with E-state index in [1.165, 1.54) is 29.8 Å². The molecule has 0 aromatic heterocycles. The van der Waals surface area contributed by atoms with Gasteiger partial charge in [-0.1, -0.05) is 19.8 Å². The molecule has 0 aromatic carbocycles. The van der Waals surface area contributed by atoms with Crippen molar-refractivity contribution in [2.45, 2.75) is 38.6 Å². The van der Waals surface area contributed by atoms with Crippen molar-refractivity contribution >= 4 is 15.9 Å². The molecular formula is C14H27N3O3S. The summed E-state index contributed by atoms with van der Waals surface area (Å²) in [5, 5.41) is 3.14. The van der Waals surface area contributed by atoms with Crippen molar-refractivity contribution in [2.75, 3.05) is 39.0 Å². The molecule has 1 aliphatic carbocycles. The Morgan fingerprint density at radius 1 is 1.14 bits per heavy atom. The smallest absolute Gasteiger partial charge is 0.234 e. The second kappa shape index (κ2) is 7.07. The van der Waals surface area contributed by atoms with Crippen LogP contribution in [0.2, 0.25) is 0 Å². The predicted octanol–water partition coefficient (Wildman–Crippen LogP) is 0.259. The van der Waals surface area contributed by atoms with E-state index >= 15 is 0 Å². The van der Waals surface area contributed by atoms with Crippen LogP contribution in [0.5, 0.6) is 0 Å². The van der Waals surface area contributed by atoms with Crippen LogP contribution >= 0.6 is 0 Å². The molecule has 21 heavy (non-hydrogen) atoms. The van der Waals surface area contributed by atoms with Crippen LogP contribution in [0.15, 0.2) is 0 Å². The van der Waals surface area contributed by atoms with Gasteiger partial charge < -0.3 is 5.32 Å². The third-order valence-electron chi connectivity index (χ3n) is 4.63. The van der Waals surface area contributed by atoms with Crippen LogP contribution in [0.4, 0.5) is 0 Å². The van der Waals surface area contributed by atoms with Crippen molar-refractivity contribution in [3.8, 4) is 0 Å². The van der Waals surface area contributed by atoms with Gasteiger partial charge in [0.25, 0.3) is 0 Å². The molecule has 0 spiro atoms. The predicted molar refractivity (Wildman–Crippen MR) is 82.4 cm³/mol. The highest BCUT2D eigenvalue weighted by molar-refractivity contribution is 7.88. The Labute approximate surface area is 127 Å². The largest absolute Gasteiger partial charge is 0.352 e. The molecule has 0 bridgehead atoms. The van der Waals surface area contributed by atoms with Gasteiger partial charge in [-0.3, -0.25) is 9.69 Å². The number of nitrogens with one attached hydrogen (secondary N) is 1. The number of hydrogen-bond acceptors (Lipinski definition) is 4. The molecule has 1 amide bonds. The summed E-state index contributed by atoms with van der Waals surface area (Å²) in [6.45, 7) is 4.79. The summed E-state index contributed by atoms with van der Waals surface area (Å²) >= 11 is 0. The van der Waals surface area contributed by atoms with Gasteiger partial charge in [-0.25, -0.2) is 8.42 Å². The fraction of sp³-hybridized carbons (Fsp3) is 0.929. The van der Waals surface area contributed by atoms with Crippen LogP contribution in [0.3, 0.4) is 0 Å². The Balaban J connectivity index is 1.74. The van der Waals surface area contributed by atoms with Gasteiger partial charge in [-0.2, -0.15) is 4.31 Å². The van der Waals surface area contributed by atoms with Crippen molar-refractivity contribution in [3.63, 3.8) is 0 Å². The number of piperazine rings is 1. The third kappa shape index (κ3) is 4.93. The van der Waals surface area contributed by atoms with Crippen LogP contribution in [0.25, 0.3) is 0 Å². The quantitative estimate of drug-likeness (QED) is 0.807. The molecule has 1 N–H and O–H groups in total. The molecule has 2 fully saturated rings. The molecule has 7 heteroatoms. The third-order valence-corrected chi connectivity index (χ3v) is 5.93. The molecule has 0 unspecified atom stereocenters. The van der Waals surface area contributed by atoms with Gasteiger partial charge in [-0.05, 0) is 18.8 Å². The van der Waals surface area contributed by atoms with E-state index < -0.39 is 10.0 Å². The molecule has 2 aliphatic rings. The molecule has 2 atom stereocenters. The first-order chi connectivity index (χ1) is 9.86. The average molecular weight is 317 g/mol. The van der Waals surface area contributed by atoms with Gasteiger partial charge in [0.2, 0.25) is 15.9 Å². The first-order valence-corrected chi connectivity index (χ1v) is 9.68. The molecule has 0 radical (unpaired) electrons. The highest BCUT2D eigenvalue weighted by Gasteiger charge is 2.26. The second-order valence-electron chi connectivity index (χ2n) is 6.37. The molecule has 122 valence electrons. The molecule has 1 aliphatic heterocycles. The summed E-state index contributed by atoms with van der Waals surface area (Å²) in [6.07, 6.45) is 5.97. The van der Waals surface area contributed by atoms with Crippen LogP contribution in [-0.2, 0) is 14.8 Å². The van der Waals surface area contributed by atoms with Gasteiger partial charge in [0.15, 0.2) is 0 Å². The fourth-order valence-corrected chi connectivity index (χ4v) is 4.03. The maximum atomic E-state index is 12.1. The number of carbonyl (C=O) groups is 1. The first kappa shape index (κ1) is 16.7. The first-order valence-electron chi connectivity index (χ1n) is 7.83. The standard InChI is InChI=1S/C14H27N3O3S/c1-12-5-3-4-6-13(12)15-14(18)11-16-7-9-17(10-8-16)21(2,19)20/h12-13H,3-11H2,1-2H3,(H,15,18)/t12-,13+/m1/s1. The number of rotatable bonds is 4. The fourth-order valence-electron chi connectivity index (χ4n) is 3.21. The number of sulfonamides is 1. The lowest BCUT2D eigenvalue weighted by Gasteiger charge is -2.34. The second-order valence-corrected chi connectivity index (χ2v) is 8.36. The lowest BCUT2D eigenvalue weighted by Crippen LogP contribution is -2.52. The Morgan fingerprint density at radius 2 is 1.76 bits per heavy atom. The lowest BCUT2D eigenvalue weighted by molar-refractivity contribution is -0.123. The maximum Gasteiger partial charge on any atom is 0.234 e. The maximum absolute atomic E-state index is 12.1. The van der Waals surface area contributed by atoms with Crippen LogP contribution < -0.4 is 5.32 Å². The molecule has 1 saturated heterocycles. The van der Waals surface area contributed by atoms with Gasteiger partial charge in [0, 0.05) is 32.2 Å². The minimum absolute atomic E-state index is 0.0709.